The minimum atomic E-state index is -0.0822. The largest absolute Gasteiger partial charge is 0.496 e. The van der Waals surface area contributed by atoms with Crippen molar-refractivity contribution >= 4 is 28.3 Å². The number of hydrogen-bond donors (Lipinski definition) is 0. The van der Waals surface area contributed by atoms with Gasteiger partial charge in [0.15, 0.2) is 5.78 Å². The van der Waals surface area contributed by atoms with E-state index in [1.165, 1.54) is 0 Å². The number of aromatic nitrogens is 3. The van der Waals surface area contributed by atoms with Crippen LogP contribution < -0.4 is 9.47 Å². The fraction of sp³-hybridized carbons (Fsp3) is 0.0741. The second-order valence-electron chi connectivity index (χ2n) is 7.89. The molecule has 1 aliphatic carbocycles. The van der Waals surface area contributed by atoms with Crippen LogP contribution in [0.25, 0.3) is 39.1 Å². The molecule has 0 bridgehead atoms. The molecule has 2 aromatic heterocycles. The van der Waals surface area contributed by atoms with Gasteiger partial charge in [0, 0.05) is 27.7 Å². The highest BCUT2D eigenvalue weighted by Gasteiger charge is 2.37. The number of methoxy groups -OCH3 is 2. The van der Waals surface area contributed by atoms with E-state index >= 15 is 0 Å². The first kappa shape index (κ1) is 20.4. The zero-order chi connectivity index (χ0) is 23.4. The molecule has 34 heavy (non-hydrogen) atoms. The van der Waals surface area contributed by atoms with Crippen LogP contribution in [0.4, 0.5) is 0 Å². The molecule has 0 saturated carbocycles. The van der Waals surface area contributed by atoms with Crippen molar-refractivity contribution in [1.82, 2.24) is 14.8 Å². The van der Waals surface area contributed by atoms with Crippen LogP contribution >= 0.6 is 11.6 Å². The number of carbonyl (C=O) groups is 1. The molecule has 6 nitrogen and oxygen atoms in total. The van der Waals surface area contributed by atoms with Crippen LogP contribution in [0.1, 0.15) is 15.9 Å². The fourth-order valence-electron chi connectivity index (χ4n) is 4.63. The Morgan fingerprint density at radius 2 is 1.59 bits per heavy atom. The summed E-state index contributed by atoms with van der Waals surface area (Å²) >= 11 is 6.21. The molecule has 5 aromatic rings. The second kappa shape index (κ2) is 7.71. The van der Waals surface area contributed by atoms with E-state index < -0.39 is 0 Å². The zero-order valence-electron chi connectivity index (χ0n) is 18.4. The predicted molar refractivity (Wildman–Crippen MR) is 131 cm³/mol. The van der Waals surface area contributed by atoms with Crippen LogP contribution in [0.2, 0.25) is 5.02 Å². The van der Waals surface area contributed by atoms with Gasteiger partial charge in [-0.3, -0.25) is 9.78 Å². The molecule has 166 valence electrons. The maximum atomic E-state index is 13.7. The smallest absolute Gasteiger partial charge is 0.198 e. The van der Waals surface area contributed by atoms with Crippen molar-refractivity contribution in [3.05, 3.63) is 89.1 Å². The fourth-order valence-corrected chi connectivity index (χ4v) is 4.80. The van der Waals surface area contributed by atoms with Gasteiger partial charge in [0.25, 0.3) is 0 Å². The Bertz CT molecular complexity index is 1600. The Balaban J connectivity index is 1.74. The van der Waals surface area contributed by atoms with E-state index in [0.717, 1.165) is 27.8 Å². The molecule has 0 aliphatic heterocycles. The molecule has 0 radical (unpaired) electrons. The van der Waals surface area contributed by atoms with Crippen LogP contribution in [0.5, 0.6) is 11.5 Å². The van der Waals surface area contributed by atoms with Crippen molar-refractivity contribution in [2.75, 3.05) is 14.2 Å². The summed E-state index contributed by atoms with van der Waals surface area (Å²) in [6.07, 6.45) is 1.72. The van der Waals surface area contributed by atoms with Gasteiger partial charge in [0.2, 0.25) is 0 Å². The summed E-state index contributed by atoms with van der Waals surface area (Å²) in [5.74, 6) is 1.06. The Morgan fingerprint density at radius 3 is 2.32 bits per heavy atom. The summed E-state index contributed by atoms with van der Waals surface area (Å²) in [6, 6.07) is 20.5. The maximum Gasteiger partial charge on any atom is 0.198 e. The molecule has 3 aromatic carbocycles. The van der Waals surface area contributed by atoms with Crippen molar-refractivity contribution in [3.8, 4) is 39.7 Å². The summed E-state index contributed by atoms with van der Waals surface area (Å²) in [5, 5.41) is 6.45. The highest BCUT2D eigenvalue weighted by atomic mass is 35.5. The number of fused-ring (bicyclic) bond motifs is 4. The van der Waals surface area contributed by atoms with Gasteiger partial charge in [-0.05, 0) is 36.4 Å². The highest BCUT2D eigenvalue weighted by molar-refractivity contribution is 6.31. The van der Waals surface area contributed by atoms with Crippen molar-refractivity contribution in [3.63, 3.8) is 0 Å². The minimum absolute atomic E-state index is 0.0822. The average molecular weight is 468 g/mol. The van der Waals surface area contributed by atoms with Crippen molar-refractivity contribution in [2.45, 2.75) is 0 Å². The van der Waals surface area contributed by atoms with Gasteiger partial charge in [-0.1, -0.05) is 41.9 Å². The molecule has 6 rings (SSSR count). The molecule has 0 unspecified atom stereocenters. The number of nitrogens with zero attached hydrogens (tertiary/aromatic N) is 3. The standard InChI is InChI=1S/C27H18ClN3O3/c1-33-21-8-5-9-22(34-2)23(21)25-24-26(16-6-3-4-7-17(16)27(24)32)31(30-25)20-12-13-29-19-14-15(28)10-11-18(19)20/h3-14H,1-2H3. The van der Waals surface area contributed by atoms with Gasteiger partial charge in [0.1, 0.15) is 17.2 Å². The first-order valence-electron chi connectivity index (χ1n) is 10.7. The molecule has 1 aliphatic rings. The molecule has 0 fully saturated rings. The Kier molecular flexibility index (Phi) is 4.64. The van der Waals surface area contributed by atoms with Gasteiger partial charge in [-0.15, -0.1) is 0 Å². The number of hydrogen-bond acceptors (Lipinski definition) is 5. The van der Waals surface area contributed by atoms with E-state index in [2.05, 4.69) is 4.98 Å². The molecular weight excluding hydrogens is 450 g/mol. The number of ketones is 1. The quantitative estimate of drug-likeness (QED) is 0.319. The molecule has 0 saturated heterocycles. The van der Waals surface area contributed by atoms with Gasteiger partial charge in [-0.25, -0.2) is 4.68 Å². The molecule has 2 heterocycles. The Morgan fingerprint density at radius 1 is 0.853 bits per heavy atom. The molecule has 0 N–H and O–H groups in total. The van der Waals surface area contributed by atoms with Crippen LogP contribution in [-0.4, -0.2) is 34.8 Å². The molecule has 0 amide bonds. The average Bonchev–Trinajstić information content (AvgIpc) is 3.39. The lowest BCUT2D eigenvalue weighted by atomic mass is 10.0. The lowest BCUT2D eigenvalue weighted by molar-refractivity contribution is 0.104. The van der Waals surface area contributed by atoms with Gasteiger partial charge < -0.3 is 9.47 Å². The van der Waals surface area contributed by atoms with E-state index in [-0.39, 0.29) is 5.78 Å². The molecule has 7 heteroatoms. The predicted octanol–water partition coefficient (Wildman–Crippen LogP) is 5.97. The normalized spacial score (nSPS) is 12.0. The summed E-state index contributed by atoms with van der Waals surface area (Å²) in [4.78, 5) is 18.1. The van der Waals surface area contributed by atoms with Crippen molar-refractivity contribution in [1.29, 1.82) is 0 Å². The number of carbonyl (C=O) groups excluding carboxylic acids is 1. The lowest BCUT2D eigenvalue weighted by Crippen LogP contribution is -2.03. The van der Waals surface area contributed by atoms with Crippen molar-refractivity contribution < 1.29 is 14.3 Å². The summed E-state index contributed by atoms with van der Waals surface area (Å²) in [7, 11) is 3.18. The van der Waals surface area contributed by atoms with Crippen LogP contribution in [0.15, 0.2) is 72.9 Å². The number of pyridine rings is 1. The topological polar surface area (TPSA) is 66.2 Å². The monoisotopic (exact) mass is 467 g/mol. The number of ether oxygens (including phenoxy) is 2. The van der Waals surface area contributed by atoms with Crippen molar-refractivity contribution in [2.24, 2.45) is 0 Å². The minimum Gasteiger partial charge on any atom is -0.496 e. The van der Waals surface area contributed by atoms with E-state index in [1.807, 2.05) is 71.4 Å². The number of benzene rings is 3. The SMILES string of the molecule is COc1cccc(OC)c1-c1nn(-c2ccnc3cc(Cl)ccc23)c2c1C(=O)c1ccccc1-2. The number of halogens is 1. The third-order valence-electron chi connectivity index (χ3n) is 6.11. The third-order valence-corrected chi connectivity index (χ3v) is 6.35. The van der Waals surface area contributed by atoms with E-state index in [0.29, 0.717) is 38.9 Å². The van der Waals surface area contributed by atoms with E-state index in [1.54, 1.807) is 20.4 Å². The second-order valence-corrected chi connectivity index (χ2v) is 8.32. The lowest BCUT2D eigenvalue weighted by Gasteiger charge is -2.12. The highest BCUT2D eigenvalue weighted by Crippen LogP contribution is 2.47. The van der Waals surface area contributed by atoms with Gasteiger partial charge >= 0.3 is 0 Å². The molecular formula is C27H18ClN3O3. The summed E-state index contributed by atoms with van der Waals surface area (Å²) < 4.78 is 13.1. The van der Waals surface area contributed by atoms with Crippen LogP contribution in [-0.2, 0) is 0 Å². The zero-order valence-corrected chi connectivity index (χ0v) is 19.1. The third kappa shape index (κ3) is 2.85. The Labute approximate surface area is 200 Å². The molecule has 0 atom stereocenters. The maximum absolute atomic E-state index is 13.7. The first-order chi connectivity index (χ1) is 16.6. The summed E-state index contributed by atoms with van der Waals surface area (Å²) in [5.41, 5.74) is 5.38. The van der Waals surface area contributed by atoms with Crippen LogP contribution in [0, 0.1) is 0 Å². The Hall–Kier alpha value is -4.16. The van der Waals surface area contributed by atoms with Gasteiger partial charge in [-0.2, -0.15) is 5.10 Å². The van der Waals surface area contributed by atoms with E-state index in [4.69, 9.17) is 26.2 Å². The first-order valence-corrected chi connectivity index (χ1v) is 11.0. The van der Waals surface area contributed by atoms with Gasteiger partial charge in [0.05, 0.1) is 42.2 Å². The van der Waals surface area contributed by atoms with E-state index in [9.17, 15) is 4.79 Å². The van der Waals surface area contributed by atoms with Crippen LogP contribution in [0.3, 0.4) is 0 Å². The molecule has 0 spiro atoms. The summed E-state index contributed by atoms with van der Waals surface area (Å²) in [6.45, 7) is 0. The number of rotatable bonds is 4.